The van der Waals surface area contributed by atoms with E-state index in [2.05, 4.69) is 10.6 Å². The van der Waals surface area contributed by atoms with Crippen molar-refractivity contribution in [2.45, 2.75) is 26.3 Å². The highest BCUT2D eigenvalue weighted by Crippen LogP contribution is 2.11. The van der Waals surface area contributed by atoms with Gasteiger partial charge in [0.1, 0.15) is 0 Å². The first-order chi connectivity index (χ1) is 11.1. The van der Waals surface area contributed by atoms with Gasteiger partial charge in [-0.15, -0.1) is 0 Å². The number of amides is 2. The van der Waals surface area contributed by atoms with E-state index in [-0.39, 0.29) is 24.4 Å². The number of nitrogens with zero attached hydrogens (tertiary/aromatic N) is 1. The third kappa shape index (κ3) is 5.25. The number of anilines is 1. The van der Waals surface area contributed by atoms with Gasteiger partial charge in [-0.1, -0.05) is 13.0 Å². The SMILES string of the molecule is CCC(C)NC(=O)c1cccc(NCC(=O)N2CCOCC2)c1. The molecular weight excluding hydrogens is 294 g/mol. The van der Waals surface area contributed by atoms with Crippen molar-refractivity contribution in [3.8, 4) is 0 Å². The molecule has 1 atom stereocenters. The van der Waals surface area contributed by atoms with Gasteiger partial charge in [0.25, 0.3) is 5.91 Å². The van der Waals surface area contributed by atoms with Crippen LogP contribution in [0.4, 0.5) is 5.69 Å². The number of nitrogens with one attached hydrogen (secondary N) is 2. The van der Waals surface area contributed by atoms with E-state index in [1.54, 1.807) is 17.0 Å². The summed E-state index contributed by atoms with van der Waals surface area (Å²) in [6.07, 6.45) is 0.887. The Balaban J connectivity index is 1.89. The molecule has 0 bridgehead atoms. The Hall–Kier alpha value is -2.08. The van der Waals surface area contributed by atoms with Gasteiger partial charge >= 0.3 is 0 Å². The Morgan fingerprint density at radius 3 is 2.74 bits per heavy atom. The Kier molecular flexibility index (Phi) is 6.40. The Labute approximate surface area is 137 Å². The van der Waals surface area contributed by atoms with Crippen LogP contribution in [-0.2, 0) is 9.53 Å². The van der Waals surface area contributed by atoms with Crippen LogP contribution in [0, 0.1) is 0 Å². The number of morpholine rings is 1. The summed E-state index contributed by atoms with van der Waals surface area (Å²) in [4.78, 5) is 26.0. The Morgan fingerprint density at radius 2 is 2.04 bits per heavy atom. The number of hydrogen-bond donors (Lipinski definition) is 2. The number of rotatable bonds is 6. The fourth-order valence-corrected chi connectivity index (χ4v) is 2.28. The molecule has 23 heavy (non-hydrogen) atoms. The highest BCUT2D eigenvalue weighted by atomic mass is 16.5. The van der Waals surface area contributed by atoms with E-state index in [1.807, 2.05) is 26.0 Å². The van der Waals surface area contributed by atoms with Crippen molar-refractivity contribution in [3.05, 3.63) is 29.8 Å². The lowest BCUT2D eigenvalue weighted by molar-refractivity contribution is -0.133. The van der Waals surface area contributed by atoms with Crippen LogP contribution in [0.5, 0.6) is 0 Å². The number of carbonyl (C=O) groups excluding carboxylic acids is 2. The molecule has 1 aliphatic rings. The van der Waals surface area contributed by atoms with E-state index in [1.165, 1.54) is 0 Å². The molecule has 0 saturated carbocycles. The standard InChI is InChI=1S/C17H25N3O3/c1-3-13(2)19-17(22)14-5-4-6-15(11-14)18-12-16(21)20-7-9-23-10-8-20/h4-6,11,13,18H,3,7-10,12H2,1-2H3,(H,19,22). The van der Waals surface area contributed by atoms with Gasteiger partial charge < -0.3 is 20.3 Å². The predicted octanol–water partition coefficient (Wildman–Crippen LogP) is 1.49. The summed E-state index contributed by atoms with van der Waals surface area (Å²) >= 11 is 0. The summed E-state index contributed by atoms with van der Waals surface area (Å²) < 4.78 is 5.24. The van der Waals surface area contributed by atoms with Crippen LogP contribution in [-0.4, -0.2) is 55.6 Å². The van der Waals surface area contributed by atoms with Crippen molar-refractivity contribution in [1.82, 2.24) is 10.2 Å². The van der Waals surface area contributed by atoms with Crippen LogP contribution < -0.4 is 10.6 Å². The smallest absolute Gasteiger partial charge is 0.251 e. The first-order valence-corrected chi connectivity index (χ1v) is 8.10. The van der Waals surface area contributed by atoms with Gasteiger partial charge in [-0.25, -0.2) is 0 Å². The Morgan fingerprint density at radius 1 is 1.30 bits per heavy atom. The van der Waals surface area contributed by atoms with Crippen molar-refractivity contribution < 1.29 is 14.3 Å². The molecule has 2 amide bonds. The summed E-state index contributed by atoms with van der Waals surface area (Å²) in [7, 11) is 0. The molecule has 0 spiro atoms. The molecule has 1 fully saturated rings. The molecule has 6 heteroatoms. The van der Waals surface area contributed by atoms with Crippen molar-refractivity contribution >= 4 is 17.5 Å². The molecule has 6 nitrogen and oxygen atoms in total. The molecule has 1 heterocycles. The van der Waals surface area contributed by atoms with Crippen LogP contribution in [0.25, 0.3) is 0 Å². The molecule has 1 aliphatic heterocycles. The lowest BCUT2D eigenvalue weighted by Crippen LogP contribution is -2.43. The minimum Gasteiger partial charge on any atom is -0.378 e. The van der Waals surface area contributed by atoms with Crippen molar-refractivity contribution in [2.75, 3.05) is 38.2 Å². The van der Waals surface area contributed by atoms with Crippen LogP contribution in [0.15, 0.2) is 24.3 Å². The van der Waals surface area contributed by atoms with Gasteiger partial charge in [-0.05, 0) is 31.5 Å². The maximum absolute atomic E-state index is 12.1. The minimum absolute atomic E-state index is 0.0442. The average molecular weight is 319 g/mol. The normalized spacial score (nSPS) is 15.8. The molecule has 1 saturated heterocycles. The molecule has 2 rings (SSSR count). The number of ether oxygens (including phenoxy) is 1. The summed E-state index contributed by atoms with van der Waals surface area (Å²) in [6, 6.07) is 7.35. The second-order valence-electron chi connectivity index (χ2n) is 5.71. The highest BCUT2D eigenvalue weighted by Gasteiger charge is 2.16. The quantitative estimate of drug-likeness (QED) is 0.833. The minimum atomic E-state index is -0.0949. The third-order valence-corrected chi connectivity index (χ3v) is 3.92. The maximum atomic E-state index is 12.1. The van der Waals surface area contributed by atoms with Crippen molar-refractivity contribution in [1.29, 1.82) is 0 Å². The van der Waals surface area contributed by atoms with E-state index < -0.39 is 0 Å². The molecule has 126 valence electrons. The first kappa shape index (κ1) is 17.3. The van der Waals surface area contributed by atoms with E-state index in [4.69, 9.17) is 4.74 Å². The van der Waals surface area contributed by atoms with Crippen molar-refractivity contribution in [2.24, 2.45) is 0 Å². The van der Waals surface area contributed by atoms with Gasteiger partial charge in [-0.2, -0.15) is 0 Å². The van der Waals surface area contributed by atoms with Gasteiger partial charge in [-0.3, -0.25) is 9.59 Å². The molecule has 0 aliphatic carbocycles. The molecule has 2 N–H and O–H groups in total. The van der Waals surface area contributed by atoms with E-state index in [0.717, 1.165) is 12.1 Å². The summed E-state index contributed by atoms with van der Waals surface area (Å²) in [5.41, 5.74) is 1.36. The van der Waals surface area contributed by atoms with Gasteiger partial charge in [0.2, 0.25) is 5.91 Å². The highest BCUT2D eigenvalue weighted by molar-refractivity contribution is 5.95. The second kappa shape index (κ2) is 8.53. The molecular formula is C17H25N3O3. The molecule has 1 aromatic rings. The molecule has 1 unspecified atom stereocenters. The van der Waals surface area contributed by atoms with Gasteiger partial charge in [0.15, 0.2) is 0 Å². The summed E-state index contributed by atoms with van der Waals surface area (Å²) in [6.45, 7) is 6.68. The third-order valence-electron chi connectivity index (χ3n) is 3.92. The number of hydrogen-bond acceptors (Lipinski definition) is 4. The van der Waals surface area contributed by atoms with E-state index >= 15 is 0 Å². The predicted molar refractivity (Wildman–Crippen MR) is 89.5 cm³/mol. The van der Waals surface area contributed by atoms with Crippen LogP contribution >= 0.6 is 0 Å². The zero-order chi connectivity index (χ0) is 16.7. The van der Waals surface area contributed by atoms with E-state index in [9.17, 15) is 9.59 Å². The zero-order valence-corrected chi connectivity index (χ0v) is 13.8. The van der Waals surface area contributed by atoms with Crippen LogP contribution in [0.3, 0.4) is 0 Å². The Bertz CT molecular complexity index is 542. The number of carbonyl (C=O) groups is 2. The monoisotopic (exact) mass is 319 g/mol. The molecule has 1 aromatic carbocycles. The first-order valence-electron chi connectivity index (χ1n) is 8.10. The van der Waals surface area contributed by atoms with Gasteiger partial charge in [0, 0.05) is 30.4 Å². The zero-order valence-electron chi connectivity index (χ0n) is 13.8. The fraction of sp³-hybridized carbons (Fsp3) is 0.529. The maximum Gasteiger partial charge on any atom is 0.251 e. The summed E-state index contributed by atoms with van der Waals surface area (Å²) in [5.74, 6) is -0.0507. The van der Waals surface area contributed by atoms with Crippen LogP contribution in [0.2, 0.25) is 0 Å². The topological polar surface area (TPSA) is 70.7 Å². The summed E-state index contributed by atoms with van der Waals surface area (Å²) in [5, 5.41) is 6.03. The van der Waals surface area contributed by atoms with E-state index in [0.29, 0.717) is 31.9 Å². The molecule has 0 aromatic heterocycles. The fourth-order valence-electron chi connectivity index (χ4n) is 2.28. The van der Waals surface area contributed by atoms with Gasteiger partial charge in [0.05, 0.1) is 19.8 Å². The lowest BCUT2D eigenvalue weighted by atomic mass is 10.1. The average Bonchev–Trinajstić information content (AvgIpc) is 2.60. The lowest BCUT2D eigenvalue weighted by Gasteiger charge is -2.27. The largest absolute Gasteiger partial charge is 0.378 e. The number of benzene rings is 1. The van der Waals surface area contributed by atoms with Crippen LogP contribution in [0.1, 0.15) is 30.6 Å². The van der Waals surface area contributed by atoms with Crippen molar-refractivity contribution in [3.63, 3.8) is 0 Å². The second-order valence-corrected chi connectivity index (χ2v) is 5.71. The molecule has 0 radical (unpaired) electrons.